The third-order valence-electron chi connectivity index (χ3n) is 6.36. The van der Waals surface area contributed by atoms with Gasteiger partial charge in [-0.25, -0.2) is 9.97 Å². The Morgan fingerprint density at radius 1 is 1.22 bits per heavy atom. The normalized spacial score (nSPS) is 28.0. The van der Waals surface area contributed by atoms with Gasteiger partial charge in [0.05, 0.1) is 24.4 Å². The van der Waals surface area contributed by atoms with Crippen LogP contribution in [0.3, 0.4) is 0 Å². The van der Waals surface area contributed by atoms with Crippen LogP contribution < -0.4 is 5.56 Å². The summed E-state index contributed by atoms with van der Waals surface area (Å²) in [5, 5.41) is 29.9. The fourth-order valence-electron chi connectivity index (χ4n) is 3.88. The number of hydrogen-bond acceptors (Lipinski definition) is 9. The highest BCUT2D eigenvalue weighted by molar-refractivity contribution is 7.54. The summed E-state index contributed by atoms with van der Waals surface area (Å²) >= 11 is 0. The van der Waals surface area contributed by atoms with Gasteiger partial charge in [-0.2, -0.15) is 0 Å². The van der Waals surface area contributed by atoms with Crippen molar-refractivity contribution in [3.8, 4) is 0 Å². The molecule has 0 bridgehead atoms. The first-order valence-corrected chi connectivity index (χ1v) is 12.2. The third kappa shape index (κ3) is 4.28. The van der Waals surface area contributed by atoms with E-state index in [1.54, 1.807) is 27.7 Å². The summed E-state index contributed by atoms with van der Waals surface area (Å²) in [4.78, 5) is 32.9. The molecule has 2 aromatic heterocycles. The van der Waals surface area contributed by atoms with Crippen LogP contribution in [-0.4, -0.2) is 69.0 Å². The predicted octanol–water partition coefficient (Wildman–Crippen LogP) is 1.01. The molecule has 1 aliphatic heterocycles. The highest BCUT2D eigenvalue weighted by atomic mass is 31.2. The second-order valence-electron chi connectivity index (χ2n) is 8.41. The maximum absolute atomic E-state index is 12.9. The summed E-state index contributed by atoms with van der Waals surface area (Å²) in [6.07, 6.45) is -1.98. The van der Waals surface area contributed by atoms with Gasteiger partial charge in [-0.05, 0) is 26.2 Å². The lowest BCUT2D eigenvalue weighted by Gasteiger charge is -2.38. The molecule has 3 rings (SSSR count). The Kier molecular flexibility index (Phi) is 6.98. The van der Waals surface area contributed by atoms with Crippen LogP contribution in [0.5, 0.6) is 0 Å². The molecule has 1 fully saturated rings. The first-order chi connectivity index (χ1) is 14.9. The predicted molar refractivity (Wildman–Crippen MR) is 114 cm³/mol. The molecule has 5 N–H and O–H groups in total. The number of rotatable bonds is 9. The first kappa shape index (κ1) is 25.0. The Morgan fingerprint density at radius 2 is 1.88 bits per heavy atom. The van der Waals surface area contributed by atoms with Crippen molar-refractivity contribution in [2.45, 2.75) is 88.9 Å². The minimum absolute atomic E-state index is 0.0280. The molecule has 0 amide bonds. The van der Waals surface area contributed by atoms with E-state index in [1.807, 2.05) is 0 Å². The number of hydrogen-bond donors (Lipinski definition) is 5. The Balaban J connectivity index is 1.84. The van der Waals surface area contributed by atoms with Crippen molar-refractivity contribution < 1.29 is 34.0 Å². The van der Waals surface area contributed by atoms with Gasteiger partial charge < -0.3 is 34.5 Å². The van der Waals surface area contributed by atoms with Crippen LogP contribution in [0, 0.1) is 0 Å². The largest absolute Gasteiger partial charge is 0.388 e. The van der Waals surface area contributed by atoms with E-state index in [4.69, 9.17) is 9.26 Å². The summed E-state index contributed by atoms with van der Waals surface area (Å²) in [7, 11) is -4.45. The van der Waals surface area contributed by atoms with E-state index in [0.29, 0.717) is 0 Å². The van der Waals surface area contributed by atoms with Crippen LogP contribution in [0.4, 0.5) is 0 Å². The lowest BCUT2D eigenvalue weighted by Crippen LogP contribution is -2.40. The third-order valence-corrected chi connectivity index (χ3v) is 8.73. The number of aliphatic hydroxyl groups is 3. The van der Waals surface area contributed by atoms with E-state index in [1.165, 1.54) is 17.2 Å². The zero-order chi connectivity index (χ0) is 23.9. The minimum Gasteiger partial charge on any atom is -0.388 e. The first-order valence-electron chi connectivity index (χ1n) is 10.6. The molecule has 180 valence electrons. The lowest BCUT2D eigenvalue weighted by atomic mass is 9.93. The van der Waals surface area contributed by atoms with Gasteiger partial charge in [-0.3, -0.25) is 13.9 Å². The van der Waals surface area contributed by atoms with Gasteiger partial charge in [0.1, 0.15) is 12.2 Å². The molecule has 0 aliphatic carbocycles. The Hall–Kier alpha value is -1.66. The molecule has 3 unspecified atom stereocenters. The van der Waals surface area contributed by atoms with Crippen LogP contribution >= 0.6 is 7.60 Å². The molecule has 1 saturated heterocycles. The van der Waals surface area contributed by atoms with Crippen molar-refractivity contribution in [2.24, 2.45) is 0 Å². The molecule has 6 atom stereocenters. The molecule has 13 heteroatoms. The van der Waals surface area contributed by atoms with E-state index in [9.17, 15) is 29.6 Å². The van der Waals surface area contributed by atoms with Crippen molar-refractivity contribution in [3.05, 3.63) is 23.0 Å². The van der Waals surface area contributed by atoms with E-state index in [0.717, 1.165) is 0 Å². The number of aromatic nitrogens is 4. The molecule has 3 heterocycles. The molecule has 32 heavy (non-hydrogen) atoms. The van der Waals surface area contributed by atoms with Gasteiger partial charge >= 0.3 is 7.60 Å². The van der Waals surface area contributed by atoms with Crippen molar-refractivity contribution in [2.75, 3.05) is 0 Å². The van der Waals surface area contributed by atoms with Gasteiger partial charge in [0, 0.05) is 6.42 Å². The second kappa shape index (κ2) is 8.94. The summed E-state index contributed by atoms with van der Waals surface area (Å²) in [6.45, 7) is 6.52. The van der Waals surface area contributed by atoms with Gasteiger partial charge in [-0.15, -0.1) is 0 Å². The monoisotopic (exact) mass is 474 g/mol. The van der Waals surface area contributed by atoms with Crippen molar-refractivity contribution in [1.29, 1.82) is 0 Å². The van der Waals surface area contributed by atoms with Gasteiger partial charge in [-0.1, -0.05) is 20.8 Å². The molecule has 0 aromatic carbocycles. The minimum atomic E-state index is -4.45. The highest BCUT2D eigenvalue weighted by Gasteiger charge is 2.51. The summed E-state index contributed by atoms with van der Waals surface area (Å²) < 4.78 is 25.7. The fourth-order valence-corrected chi connectivity index (χ4v) is 5.65. The number of imidazole rings is 1. The number of aromatic amines is 1. The maximum Gasteiger partial charge on any atom is 0.359 e. The fraction of sp³-hybridized carbons (Fsp3) is 0.737. The highest BCUT2D eigenvalue weighted by Crippen LogP contribution is 2.60. The molecular formula is C19H31N4O8P. The topological polar surface area (TPSA) is 180 Å². The SMILES string of the molecule is CCC(C)(CC1O[C@@H](n2cnc3c(=O)[nH]cnc32)[C@H](O)[C@@H]1O)OP(=O)(O)C(O)(CC)CC. The van der Waals surface area contributed by atoms with Crippen molar-refractivity contribution in [1.82, 2.24) is 19.5 Å². The van der Waals surface area contributed by atoms with E-state index in [-0.39, 0.29) is 36.8 Å². The van der Waals surface area contributed by atoms with Gasteiger partial charge in [0.25, 0.3) is 5.56 Å². The zero-order valence-electron chi connectivity index (χ0n) is 18.5. The molecule has 0 saturated carbocycles. The summed E-state index contributed by atoms with van der Waals surface area (Å²) in [6, 6.07) is 0. The molecular weight excluding hydrogens is 443 g/mol. The summed E-state index contributed by atoms with van der Waals surface area (Å²) in [5.41, 5.74) is -1.46. The van der Waals surface area contributed by atoms with Gasteiger partial charge in [0.15, 0.2) is 22.7 Å². The number of nitrogens with zero attached hydrogens (tertiary/aromatic N) is 3. The lowest BCUT2D eigenvalue weighted by molar-refractivity contribution is -0.0696. The maximum atomic E-state index is 12.9. The Morgan fingerprint density at radius 3 is 2.47 bits per heavy atom. The standard InChI is InChI=1S/C19H31N4O8P/c1-5-18(4,31-32(28,29)19(27,6-2)7-3)8-11-13(24)14(25)17(30-11)23-10-22-12-15(23)20-9-21-16(12)26/h9-11,13-14,17,24-25,27H,5-8H2,1-4H3,(H,28,29)(H,20,21,26)/t11?,13-,14-,17-,18?/m1/s1. The average molecular weight is 474 g/mol. The van der Waals surface area contributed by atoms with Gasteiger partial charge in [0.2, 0.25) is 0 Å². The zero-order valence-corrected chi connectivity index (χ0v) is 19.4. The second-order valence-corrected chi connectivity index (χ2v) is 10.5. The van der Waals surface area contributed by atoms with Crippen LogP contribution in [0.1, 0.15) is 59.6 Å². The van der Waals surface area contributed by atoms with Crippen LogP contribution in [-0.2, 0) is 13.8 Å². The molecule has 12 nitrogen and oxygen atoms in total. The number of nitrogens with one attached hydrogen (secondary N) is 1. The van der Waals surface area contributed by atoms with Crippen LogP contribution in [0.2, 0.25) is 0 Å². The molecule has 0 radical (unpaired) electrons. The quantitative estimate of drug-likeness (QED) is 0.329. The molecule has 0 spiro atoms. The number of fused-ring (bicyclic) bond motifs is 1. The van der Waals surface area contributed by atoms with E-state index < -0.39 is 48.6 Å². The van der Waals surface area contributed by atoms with Crippen LogP contribution in [0.25, 0.3) is 11.2 Å². The number of aliphatic hydroxyl groups excluding tert-OH is 2. The average Bonchev–Trinajstić information content (AvgIpc) is 3.30. The smallest absolute Gasteiger partial charge is 0.359 e. The van der Waals surface area contributed by atoms with Crippen molar-refractivity contribution in [3.63, 3.8) is 0 Å². The Labute approximate surface area is 184 Å². The van der Waals surface area contributed by atoms with E-state index >= 15 is 0 Å². The molecule has 2 aromatic rings. The van der Waals surface area contributed by atoms with E-state index in [2.05, 4.69) is 15.0 Å². The Bertz CT molecular complexity index is 1050. The van der Waals surface area contributed by atoms with Crippen molar-refractivity contribution >= 4 is 18.8 Å². The number of H-pyrrole nitrogens is 1. The van der Waals surface area contributed by atoms with Crippen LogP contribution in [0.15, 0.2) is 17.4 Å². The summed E-state index contributed by atoms with van der Waals surface area (Å²) in [5.74, 6) is 0. The number of ether oxygens (including phenoxy) is 1. The molecule has 1 aliphatic rings.